The van der Waals surface area contributed by atoms with Crippen molar-refractivity contribution in [2.24, 2.45) is 23.7 Å². The third-order valence-corrected chi connectivity index (χ3v) is 8.70. The molecule has 6 heteroatoms. The number of hydrogen-bond acceptors (Lipinski definition) is 2. The van der Waals surface area contributed by atoms with Crippen LogP contribution >= 0.6 is 0 Å². The molecular formula is C30H60N4O2+2. The third-order valence-electron chi connectivity index (χ3n) is 8.70. The zero-order valence-corrected chi connectivity index (χ0v) is 25.2. The molecule has 0 spiro atoms. The molecule has 210 valence electrons. The topological polar surface area (TPSA) is 40.6 Å². The van der Waals surface area contributed by atoms with E-state index in [1.54, 1.807) is 0 Å². The van der Waals surface area contributed by atoms with Gasteiger partial charge in [0.25, 0.3) is 11.8 Å². The summed E-state index contributed by atoms with van der Waals surface area (Å²) in [4.78, 5) is 31.2. The Morgan fingerprint density at radius 1 is 0.500 bits per heavy atom. The van der Waals surface area contributed by atoms with E-state index < -0.39 is 0 Å². The fourth-order valence-corrected chi connectivity index (χ4v) is 5.57. The van der Waals surface area contributed by atoms with E-state index in [0.717, 1.165) is 100 Å². The van der Waals surface area contributed by atoms with Crippen LogP contribution in [0.15, 0.2) is 0 Å². The summed E-state index contributed by atoms with van der Waals surface area (Å²) in [5.41, 5.74) is 0. The zero-order chi connectivity index (χ0) is 26.9. The lowest BCUT2D eigenvalue weighted by Gasteiger charge is -2.55. The minimum absolute atomic E-state index is 0.350. The summed E-state index contributed by atoms with van der Waals surface area (Å²) in [5.74, 6) is 3.17. The van der Waals surface area contributed by atoms with Crippen LogP contribution in [-0.2, 0) is 9.59 Å². The molecule has 2 amide bonds. The number of quaternary nitrogens is 2. The van der Waals surface area contributed by atoms with Gasteiger partial charge in [-0.25, -0.2) is 0 Å². The van der Waals surface area contributed by atoms with Crippen molar-refractivity contribution in [3.8, 4) is 0 Å². The molecular weight excluding hydrogens is 448 g/mol. The summed E-state index contributed by atoms with van der Waals surface area (Å²) in [6.07, 6.45) is 4.32. The van der Waals surface area contributed by atoms with Crippen molar-refractivity contribution in [1.82, 2.24) is 9.80 Å². The molecule has 3 aliphatic rings. The Balaban J connectivity index is 1.96. The fraction of sp³-hybridized carbons (Fsp3) is 0.933. The molecule has 0 unspecified atom stereocenters. The van der Waals surface area contributed by atoms with E-state index in [-0.39, 0.29) is 0 Å². The Morgan fingerprint density at radius 3 is 0.917 bits per heavy atom. The van der Waals surface area contributed by atoms with Crippen LogP contribution in [0, 0.1) is 23.7 Å². The molecule has 0 aliphatic carbocycles. The second-order valence-corrected chi connectivity index (χ2v) is 13.8. The minimum atomic E-state index is 0.350. The van der Waals surface area contributed by atoms with Crippen molar-refractivity contribution in [3.05, 3.63) is 0 Å². The van der Waals surface area contributed by atoms with Crippen LogP contribution in [0.4, 0.5) is 0 Å². The maximum Gasteiger partial charge on any atom is 0.277 e. The highest BCUT2D eigenvalue weighted by Gasteiger charge is 2.51. The second-order valence-electron chi connectivity index (χ2n) is 13.8. The van der Waals surface area contributed by atoms with Gasteiger partial charge in [0.05, 0.1) is 0 Å². The van der Waals surface area contributed by atoms with E-state index in [9.17, 15) is 9.59 Å². The maximum atomic E-state index is 13.5. The SMILES string of the molecule is CC(C)CCN(CCC(C)C)C(=O)C[N+]12CC[N+](CC(=O)N(CCC(C)C)CCC(C)C)(CC1)CC2. The predicted molar refractivity (Wildman–Crippen MR) is 150 cm³/mol. The lowest BCUT2D eigenvalue weighted by atomic mass is 10.0. The van der Waals surface area contributed by atoms with Crippen molar-refractivity contribution in [2.45, 2.75) is 81.1 Å². The molecule has 3 heterocycles. The molecule has 0 radical (unpaired) electrons. The summed E-state index contributed by atoms with van der Waals surface area (Å²) in [6.45, 7) is 29.1. The van der Waals surface area contributed by atoms with Crippen LogP contribution in [0.2, 0.25) is 0 Å². The minimum Gasteiger partial charge on any atom is -0.338 e. The highest BCUT2D eigenvalue weighted by Crippen LogP contribution is 2.27. The third kappa shape index (κ3) is 9.96. The highest BCUT2D eigenvalue weighted by molar-refractivity contribution is 5.78. The van der Waals surface area contributed by atoms with Crippen molar-refractivity contribution in [1.29, 1.82) is 0 Å². The van der Waals surface area contributed by atoms with Gasteiger partial charge in [-0.05, 0) is 49.4 Å². The molecule has 0 N–H and O–H groups in total. The molecule has 0 atom stereocenters. The number of piperazine rings is 3. The van der Waals surface area contributed by atoms with E-state index in [1.807, 2.05) is 0 Å². The lowest BCUT2D eigenvalue weighted by Crippen LogP contribution is -2.77. The fourth-order valence-electron chi connectivity index (χ4n) is 5.57. The zero-order valence-electron chi connectivity index (χ0n) is 25.2. The van der Waals surface area contributed by atoms with E-state index in [2.05, 4.69) is 65.2 Å². The standard InChI is InChI=1S/C30H60N4O2/c1-25(2)9-13-31(14-10-26(3)4)29(35)23-33-17-20-34(21-18-33,22-19-33)24-30(36)32(15-11-27(5)6)16-12-28(7)8/h25-28H,9-24H2,1-8H3/q+2. The van der Waals surface area contributed by atoms with Crippen LogP contribution in [0.1, 0.15) is 81.1 Å². The number of fused-ring (bicyclic) bond motifs is 3. The van der Waals surface area contributed by atoms with Gasteiger partial charge in [0.1, 0.15) is 39.3 Å². The lowest BCUT2D eigenvalue weighted by molar-refractivity contribution is -1.07. The highest BCUT2D eigenvalue weighted by atomic mass is 16.2. The van der Waals surface area contributed by atoms with Crippen LogP contribution in [0.3, 0.4) is 0 Å². The average molecular weight is 509 g/mol. The molecule has 2 bridgehead atoms. The van der Waals surface area contributed by atoms with Crippen molar-refractivity contribution in [3.63, 3.8) is 0 Å². The van der Waals surface area contributed by atoms with Gasteiger partial charge in [-0.15, -0.1) is 0 Å². The molecule has 0 aromatic heterocycles. The second kappa shape index (κ2) is 14.1. The summed E-state index contributed by atoms with van der Waals surface area (Å²) >= 11 is 0. The molecule has 6 nitrogen and oxygen atoms in total. The quantitative estimate of drug-likeness (QED) is 0.288. The van der Waals surface area contributed by atoms with Crippen LogP contribution in [0.5, 0.6) is 0 Å². The van der Waals surface area contributed by atoms with Gasteiger partial charge in [-0.1, -0.05) is 55.4 Å². The van der Waals surface area contributed by atoms with Gasteiger partial charge >= 0.3 is 0 Å². The monoisotopic (exact) mass is 508 g/mol. The van der Waals surface area contributed by atoms with Crippen LogP contribution < -0.4 is 0 Å². The summed E-state index contributed by atoms with van der Waals surface area (Å²) in [5, 5.41) is 0. The van der Waals surface area contributed by atoms with Crippen molar-refractivity contribution in [2.75, 3.05) is 78.5 Å². The van der Waals surface area contributed by atoms with Gasteiger partial charge in [0.2, 0.25) is 0 Å². The van der Waals surface area contributed by atoms with Crippen molar-refractivity contribution < 1.29 is 18.6 Å². The molecule has 0 aromatic carbocycles. The van der Waals surface area contributed by atoms with Gasteiger partial charge in [-0.3, -0.25) is 9.59 Å². The Bertz CT molecular complexity index is 582. The summed E-state index contributed by atoms with van der Waals surface area (Å²) in [6, 6.07) is 0. The smallest absolute Gasteiger partial charge is 0.277 e. The van der Waals surface area contributed by atoms with Gasteiger partial charge in [0, 0.05) is 26.2 Å². The largest absolute Gasteiger partial charge is 0.338 e. The molecule has 3 rings (SSSR count). The number of amides is 2. The van der Waals surface area contributed by atoms with E-state index in [1.165, 1.54) is 0 Å². The first-order valence-electron chi connectivity index (χ1n) is 15.1. The first-order chi connectivity index (χ1) is 16.9. The molecule has 0 saturated carbocycles. The maximum absolute atomic E-state index is 13.5. The molecule has 3 fully saturated rings. The van der Waals surface area contributed by atoms with Crippen molar-refractivity contribution >= 4 is 11.8 Å². The number of nitrogens with zero attached hydrogens (tertiary/aromatic N) is 4. The Morgan fingerprint density at radius 2 is 0.722 bits per heavy atom. The number of hydrogen-bond donors (Lipinski definition) is 0. The van der Waals surface area contributed by atoms with Gasteiger partial charge < -0.3 is 18.8 Å². The van der Waals surface area contributed by atoms with Gasteiger partial charge in [0.15, 0.2) is 13.1 Å². The predicted octanol–water partition coefficient (Wildman–Crippen LogP) is 4.49. The Labute approximate surface area is 223 Å². The first-order valence-corrected chi connectivity index (χ1v) is 15.1. The summed E-state index contributed by atoms with van der Waals surface area (Å²) in [7, 11) is 0. The molecule has 36 heavy (non-hydrogen) atoms. The van der Waals surface area contributed by atoms with E-state index in [0.29, 0.717) is 48.6 Å². The van der Waals surface area contributed by atoms with E-state index >= 15 is 0 Å². The Kier molecular flexibility index (Phi) is 12.2. The van der Waals surface area contributed by atoms with Gasteiger partial charge in [-0.2, -0.15) is 0 Å². The Hall–Kier alpha value is -1.14. The summed E-state index contributed by atoms with van der Waals surface area (Å²) < 4.78 is 1.88. The van der Waals surface area contributed by atoms with E-state index in [4.69, 9.17) is 0 Å². The number of carbonyl (C=O) groups is 2. The normalized spacial score (nSPS) is 23.8. The average Bonchev–Trinajstić information content (AvgIpc) is 2.79. The molecule has 0 aromatic rings. The van der Waals surface area contributed by atoms with Crippen LogP contribution in [-0.4, -0.2) is 109 Å². The van der Waals surface area contributed by atoms with Crippen LogP contribution in [0.25, 0.3) is 0 Å². The molecule has 3 aliphatic heterocycles. The number of rotatable bonds is 16. The molecule has 3 saturated heterocycles. The number of carbonyl (C=O) groups excluding carboxylic acids is 2. The first kappa shape index (κ1) is 31.1.